The lowest BCUT2D eigenvalue weighted by atomic mass is 9.97. The van der Waals surface area contributed by atoms with Crippen molar-refractivity contribution in [3.8, 4) is 0 Å². The summed E-state index contributed by atoms with van der Waals surface area (Å²) in [5.41, 5.74) is 5.51. The maximum atomic E-state index is 11.2. The van der Waals surface area contributed by atoms with Crippen LogP contribution in [0.1, 0.15) is 79.3 Å². The average Bonchev–Trinajstić information content (AvgIpc) is 3.44. The van der Waals surface area contributed by atoms with E-state index in [2.05, 4.69) is 108 Å². The van der Waals surface area contributed by atoms with Gasteiger partial charge in [-0.05, 0) is 35.1 Å². The molecule has 7 heteroatoms. The number of piperidine rings is 2. The van der Waals surface area contributed by atoms with Crippen molar-refractivity contribution in [3.63, 3.8) is 0 Å². The zero-order chi connectivity index (χ0) is 28.8. The highest BCUT2D eigenvalue weighted by atomic mass is 32.8. The topological polar surface area (TPSA) is 42.0 Å². The normalized spacial score (nSPS) is 19.1. The van der Waals surface area contributed by atoms with Gasteiger partial charge in [0.15, 0.2) is 5.79 Å². The summed E-state index contributed by atoms with van der Waals surface area (Å²) in [4.78, 5) is 16.1. The molecule has 3 saturated heterocycles. The third-order valence-electron chi connectivity index (χ3n) is 7.46. The Labute approximate surface area is 236 Å². The number of carbonyl (C=O) groups is 1. The van der Waals surface area contributed by atoms with Crippen LogP contribution in [0.2, 0.25) is 0 Å². The van der Waals surface area contributed by atoms with E-state index in [1.807, 2.05) is 0 Å². The predicted molar refractivity (Wildman–Crippen MR) is 160 cm³/mol. The molecule has 3 aliphatic heterocycles. The highest BCUT2D eigenvalue weighted by Gasteiger charge is 2.40. The molecular weight excluding hydrogens is 500 g/mol. The van der Waals surface area contributed by atoms with E-state index in [-0.39, 0.29) is 5.79 Å². The molecule has 3 aliphatic rings. The molecule has 0 unspecified atom stereocenters. The third kappa shape index (κ3) is 7.79. The van der Waals surface area contributed by atoms with Gasteiger partial charge < -0.3 is 19.3 Å². The number of nitrogens with zero attached hydrogens (tertiary/aromatic N) is 2. The molecule has 204 valence electrons. The smallest absolute Gasteiger partial charge is 0.171 e. The zero-order valence-corrected chi connectivity index (χ0v) is 24.4. The first-order chi connectivity index (χ1) is 18.9. The van der Waals surface area contributed by atoms with E-state index in [9.17, 15) is 4.79 Å². The largest absolute Gasteiger partial charge is 0.371 e. The van der Waals surface area contributed by atoms with Gasteiger partial charge in [-0.2, -0.15) is 0 Å². The molecule has 1 spiro atoms. The molecule has 5 rings (SSSR count). The van der Waals surface area contributed by atoms with Crippen LogP contribution in [0.4, 0.5) is 11.4 Å². The van der Waals surface area contributed by atoms with E-state index in [1.165, 1.54) is 22.5 Å². The monoisotopic (exact) mass is 548 g/mol. The Kier molecular flexibility index (Phi) is 10.8. The quantitative estimate of drug-likeness (QED) is 0.440. The Bertz CT molecular complexity index is 999. The maximum absolute atomic E-state index is 11.2. The highest BCUT2D eigenvalue weighted by Crippen LogP contribution is 2.35. The molecule has 0 radical (unpaired) electrons. The number of hydrogen-bond acceptors (Lipinski definition) is 7. The number of rotatable bonds is 4. The Morgan fingerprint density at radius 2 is 1.16 bits per heavy atom. The van der Waals surface area contributed by atoms with E-state index in [0.717, 1.165) is 52.2 Å². The molecule has 0 amide bonds. The lowest BCUT2D eigenvalue weighted by molar-refractivity contribution is -0.169. The van der Waals surface area contributed by atoms with Crippen molar-refractivity contribution in [2.24, 2.45) is 0 Å². The van der Waals surface area contributed by atoms with Crippen LogP contribution in [-0.4, -0.2) is 51.0 Å². The van der Waals surface area contributed by atoms with Crippen molar-refractivity contribution in [3.05, 3.63) is 59.7 Å². The molecule has 0 aromatic heterocycles. The average molecular weight is 549 g/mol. The van der Waals surface area contributed by atoms with Gasteiger partial charge >= 0.3 is 0 Å². The van der Waals surface area contributed by atoms with Crippen molar-refractivity contribution < 1.29 is 17.2 Å². The van der Waals surface area contributed by atoms with Crippen molar-refractivity contribution in [2.75, 3.05) is 49.2 Å². The molecule has 2 aromatic carbocycles. The van der Waals surface area contributed by atoms with E-state index >= 15 is 0 Å². The van der Waals surface area contributed by atoms with Gasteiger partial charge in [0.05, 0.1) is 13.2 Å². The van der Waals surface area contributed by atoms with Crippen LogP contribution in [-0.2, 0) is 36.6 Å². The number of benzene rings is 2. The van der Waals surface area contributed by atoms with Gasteiger partial charge in [0.2, 0.25) is 0 Å². The van der Waals surface area contributed by atoms with Crippen LogP contribution in [0.5, 0.6) is 0 Å². The minimum Gasteiger partial charge on any atom is -0.371 e. The van der Waals surface area contributed by atoms with Crippen LogP contribution < -0.4 is 9.80 Å². The first kappa shape index (κ1) is 28.1. The summed E-state index contributed by atoms with van der Waals surface area (Å²) in [6.45, 7) is 14.2. The molecule has 0 aliphatic carbocycles. The van der Waals surface area contributed by atoms with Gasteiger partial charge in [-0.1, -0.05) is 64.1 Å². The lowest BCUT2D eigenvalue weighted by Gasteiger charge is -2.39. The summed E-state index contributed by atoms with van der Waals surface area (Å²) in [6, 6.07) is 17.3. The van der Waals surface area contributed by atoms with E-state index in [4.69, 9.17) is 12.4 Å². The summed E-state index contributed by atoms with van der Waals surface area (Å²) >= 11 is 7.33. The molecule has 3 heterocycles. The third-order valence-corrected chi connectivity index (χ3v) is 7.46. The number of ether oxygens (including phenoxy) is 2. The van der Waals surface area contributed by atoms with Crippen molar-refractivity contribution in [1.29, 1.82) is 0 Å². The molecule has 0 bridgehead atoms. The fraction of sp³-hybridized carbons (Fsp3) is 0.567. The van der Waals surface area contributed by atoms with Gasteiger partial charge in [-0.3, -0.25) is 4.79 Å². The van der Waals surface area contributed by atoms with Crippen LogP contribution in [0.15, 0.2) is 48.5 Å². The molecule has 2 aromatic rings. The maximum Gasteiger partial charge on any atom is 0.171 e. The molecular formula is C30H44N2O3S2. The number of hydrogen-bond donors (Lipinski definition) is 0. The number of para-hydroxylation sites is 2. The predicted octanol–water partition coefficient (Wildman–Crippen LogP) is 6.37. The van der Waals surface area contributed by atoms with Gasteiger partial charge in [0.25, 0.3) is 0 Å². The first-order valence-corrected chi connectivity index (χ1v) is 14.9. The van der Waals surface area contributed by atoms with Crippen LogP contribution >= 0.6 is 0 Å². The molecule has 37 heavy (non-hydrogen) atoms. The van der Waals surface area contributed by atoms with Gasteiger partial charge in [-0.25, -0.2) is 0 Å². The van der Waals surface area contributed by atoms with E-state index < -0.39 is 0 Å². The van der Waals surface area contributed by atoms with E-state index in [1.54, 1.807) is 0 Å². The van der Waals surface area contributed by atoms with E-state index in [0.29, 0.717) is 30.5 Å². The summed E-state index contributed by atoms with van der Waals surface area (Å²) < 4.78 is 21.6. The molecule has 0 atom stereocenters. The number of anilines is 2. The highest BCUT2D eigenvalue weighted by molar-refractivity contribution is 8.07. The van der Waals surface area contributed by atoms with Crippen molar-refractivity contribution >= 4 is 39.5 Å². The fourth-order valence-electron chi connectivity index (χ4n) is 5.40. The number of carbonyl (C=O) groups excluding carboxylic acids is 1. The van der Waals surface area contributed by atoms with Gasteiger partial charge in [0.1, 0.15) is 5.78 Å². The number of Topliss-reactive ketones (excluding diaryl/α,β-unsaturated/α-hetero) is 1. The summed E-state index contributed by atoms with van der Waals surface area (Å²) in [5.74, 6) is 1.22. The zero-order valence-electron chi connectivity index (χ0n) is 24.8. The lowest BCUT2D eigenvalue weighted by Crippen LogP contribution is -2.45. The Hall–Kier alpha value is -1.93. The summed E-state index contributed by atoms with van der Waals surface area (Å²) in [6.07, 6.45) is 3.34. The van der Waals surface area contributed by atoms with Crippen LogP contribution in [0.3, 0.4) is 0 Å². The standard InChI is InChI=1S/C16H23NO2.C14H19NO.S2.H2/c1-13(2)14-5-3-4-6-15(14)17-9-7-16(8-10-17)18-11-12-19-16;1-11(2)13-5-3-4-6-14(13)15-9-7-12(16)8-10-15;1-2;/h3-6,13H,7-12H2,1-2H3;3-6,11H,7-10H2,1-2H3;;1H/i;;;1+2T. The second-order valence-electron chi connectivity index (χ2n) is 10.5. The first-order valence-electron chi connectivity index (χ1n) is 14.5. The molecule has 3 fully saturated rings. The second-order valence-corrected chi connectivity index (χ2v) is 10.5. The SMILES string of the molecule is CC(C)c1ccccc1N1CCC(=O)CC1.CC(C)c1ccccc1N1CCC2(CC1)OCCO2.S=S.[3H][3H]. The molecule has 0 N–H and O–H groups in total. The minimum absolute atomic E-state index is 0.275. The Balaban J connectivity index is 0.000000246. The van der Waals surface area contributed by atoms with Crippen LogP contribution in [0.25, 0.3) is 0 Å². The summed E-state index contributed by atoms with van der Waals surface area (Å²) in [7, 11) is 0. The molecule has 5 nitrogen and oxygen atoms in total. The second kappa shape index (κ2) is 14.3. The van der Waals surface area contributed by atoms with Crippen LogP contribution in [0, 0.1) is 0 Å². The Morgan fingerprint density at radius 3 is 1.59 bits per heavy atom. The fourth-order valence-corrected chi connectivity index (χ4v) is 5.40. The van der Waals surface area contributed by atoms with Crippen molar-refractivity contribution in [2.45, 2.75) is 71.0 Å². The van der Waals surface area contributed by atoms with Gasteiger partial charge in [0, 0.05) is 88.6 Å². The summed E-state index contributed by atoms with van der Waals surface area (Å²) in [5, 5.41) is 0. The molecule has 0 saturated carbocycles. The van der Waals surface area contributed by atoms with Crippen molar-refractivity contribution in [1.82, 2.24) is 0 Å². The minimum atomic E-state index is -0.275. The van der Waals surface area contributed by atoms with Gasteiger partial charge in [-0.15, -0.1) is 0 Å². The number of ketones is 1. The Morgan fingerprint density at radius 1 is 0.757 bits per heavy atom.